The van der Waals surface area contributed by atoms with Crippen molar-refractivity contribution in [2.24, 2.45) is 0 Å². The van der Waals surface area contributed by atoms with Crippen LogP contribution in [0.25, 0.3) is 11.1 Å². The first-order valence-electron chi connectivity index (χ1n) is 5.24. The molecule has 5 nitrogen and oxygen atoms in total. The Balaban J connectivity index is 0.000000357. The van der Waals surface area contributed by atoms with E-state index in [-0.39, 0.29) is 0 Å². The molecule has 0 aliphatic heterocycles. The van der Waals surface area contributed by atoms with Gasteiger partial charge in [-0.15, -0.1) is 0 Å². The summed E-state index contributed by atoms with van der Waals surface area (Å²) >= 11 is 0. The van der Waals surface area contributed by atoms with E-state index in [4.69, 9.17) is 26.5 Å². The van der Waals surface area contributed by atoms with Crippen LogP contribution in [-0.4, -0.2) is 22.4 Å². The lowest BCUT2D eigenvalue weighted by Crippen LogP contribution is -2.07. The average Bonchev–Trinajstić information content (AvgIpc) is 2.31. The van der Waals surface area contributed by atoms with Crippen molar-refractivity contribution in [3.8, 4) is 11.1 Å². The molecule has 0 atom stereocenters. The molecule has 7 N–H and O–H groups in total. The highest BCUT2D eigenvalue weighted by molar-refractivity contribution is 6.30. The predicted molar refractivity (Wildman–Crippen MR) is 73.1 cm³/mol. The van der Waals surface area contributed by atoms with Gasteiger partial charge in [0.05, 0.1) is 0 Å². The second-order valence-electron chi connectivity index (χ2n) is 3.59. The molecule has 0 fully saturated rings. The Labute approximate surface area is 105 Å². The van der Waals surface area contributed by atoms with E-state index in [1.165, 1.54) is 0 Å². The van der Waals surface area contributed by atoms with E-state index in [1.807, 2.05) is 48.5 Å². The third kappa shape index (κ3) is 4.88. The van der Waals surface area contributed by atoms with E-state index >= 15 is 0 Å². The summed E-state index contributed by atoms with van der Waals surface area (Å²) in [5, 5.41) is 21.5. The van der Waals surface area contributed by atoms with Crippen LogP contribution in [0, 0.1) is 0 Å². The number of hydrogen-bond acceptors (Lipinski definition) is 5. The summed E-state index contributed by atoms with van der Waals surface area (Å²) in [6.45, 7) is 0. The average molecular weight is 246 g/mol. The summed E-state index contributed by atoms with van der Waals surface area (Å²) in [6, 6.07) is 15.6. The zero-order valence-corrected chi connectivity index (χ0v) is 9.69. The Hall–Kier alpha value is -2.02. The van der Waals surface area contributed by atoms with Crippen LogP contribution in [-0.2, 0) is 0 Å². The molecule has 94 valence electrons. The summed E-state index contributed by atoms with van der Waals surface area (Å²) in [4.78, 5) is 0. The first-order valence-corrected chi connectivity index (χ1v) is 5.24. The highest BCUT2D eigenvalue weighted by atomic mass is 16.5. The van der Waals surface area contributed by atoms with Crippen LogP contribution in [0.1, 0.15) is 0 Å². The van der Waals surface area contributed by atoms with E-state index in [0.29, 0.717) is 0 Å². The second-order valence-corrected chi connectivity index (χ2v) is 3.59. The molecule has 0 spiro atoms. The zero-order chi connectivity index (χ0) is 13.5. The van der Waals surface area contributed by atoms with Crippen LogP contribution in [0.3, 0.4) is 0 Å². The Morgan fingerprint density at radius 3 is 1.06 bits per heavy atom. The van der Waals surface area contributed by atoms with Crippen molar-refractivity contribution >= 4 is 18.7 Å². The molecule has 0 aromatic heterocycles. The van der Waals surface area contributed by atoms with E-state index in [1.54, 1.807) is 0 Å². The quantitative estimate of drug-likeness (QED) is 0.370. The molecule has 0 saturated carbocycles. The molecule has 0 radical (unpaired) electrons. The third-order valence-electron chi connectivity index (χ3n) is 2.15. The summed E-state index contributed by atoms with van der Waals surface area (Å²) in [5.74, 6) is 0. The monoisotopic (exact) mass is 246 g/mol. The lowest BCUT2D eigenvalue weighted by Gasteiger charge is -2.02. The summed E-state index contributed by atoms with van der Waals surface area (Å²) in [6.07, 6.45) is 0. The van der Waals surface area contributed by atoms with Gasteiger partial charge < -0.3 is 26.5 Å². The number of hydrogen-bond donors (Lipinski definition) is 5. The topological polar surface area (TPSA) is 113 Å². The summed E-state index contributed by atoms with van der Waals surface area (Å²) in [7, 11) is -2.17. The van der Waals surface area contributed by atoms with Gasteiger partial charge in [-0.05, 0) is 35.4 Å². The number of benzene rings is 2. The predicted octanol–water partition coefficient (Wildman–Crippen LogP) is 0.466. The van der Waals surface area contributed by atoms with Gasteiger partial charge in [-0.2, -0.15) is 0 Å². The highest BCUT2D eigenvalue weighted by Gasteiger charge is 1.95. The van der Waals surface area contributed by atoms with Gasteiger partial charge in [0.15, 0.2) is 0 Å². The fraction of sp³-hybridized carbons (Fsp3) is 0. The van der Waals surface area contributed by atoms with Gasteiger partial charge in [0, 0.05) is 11.4 Å². The Kier molecular flexibility index (Phi) is 5.19. The van der Waals surface area contributed by atoms with Crippen molar-refractivity contribution in [2.75, 3.05) is 11.5 Å². The first kappa shape index (κ1) is 14.0. The molecule has 0 heterocycles. The molecule has 0 amide bonds. The zero-order valence-electron chi connectivity index (χ0n) is 9.69. The van der Waals surface area contributed by atoms with Crippen molar-refractivity contribution in [1.29, 1.82) is 0 Å². The molecule has 0 bridgehead atoms. The molecule has 0 aliphatic rings. The van der Waals surface area contributed by atoms with Crippen LogP contribution in [0.5, 0.6) is 0 Å². The minimum absolute atomic E-state index is 0.782. The maximum Gasteiger partial charge on any atom is 0.631 e. The second kappa shape index (κ2) is 6.66. The molecule has 0 aliphatic carbocycles. The van der Waals surface area contributed by atoms with E-state index in [2.05, 4.69) is 0 Å². The smallest absolute Gasteiger partial charge is 0.402 e. The minimum atomic E-state index is -2.17. The van der Waals surface area contributed by atoms with E-state index < -0.39 is 7.32 Å². The SMILES string of the molecule is Nc1ccc(-c2ccc(N)cc2)cc1.OB(O)O. The standard InChI is InChI=1S/C12H12N2.BH3O3/c13-11-5-1-9(2-6-11)10-3-7-12(14)8-4-10;2-1(3)4/h1-8H,13-14H2;2-4H. The van der Waals surface area contributed by atoms with Crippen molar-refractivity contribution in [3.05, 3.63) is 48.5 Å². The largest absolute Gasteiger partial charge is 0.631 e. The molecule has 0 unspecified atom stereocenters. The maximum atomic E-state index is 7.17. The van der Waals surface area contributed by atoms with Gasteiger partial charge in [0.25, 0.3) is 0 Å². The van der Waals surface area contributed by atoms with Gasteiger partial charge in [-0.3, -0.25) is 0 Å². The van der Waals surface area contributed by atoms with E-state index in [0.717, 1.165) is 22.5 Å². The number of nitrogens with two attached hydrogens (primary N) is 2. The van der Waals surface area contributed by atoms with Gasteiger partial charge in [0.1, 0.15) is 0 Å². The third-order valence-corrected chi connectivity index (χ3v) is 2.15. The highest BCUT2D eigenvalue weighted by Crippen LogP contribution is 2.21. The Morgan fingerprint density at radius 2 is 0.833 bits per heavy atom. The van der Waals surface area contributed by atoms with Crippen LogP contribution in [0.15, 0.2) is 48.5 Å². The molecule has 2 aromatic rings. The van der Waals surface area contributed by atoms with Gasteiger partial charge in [-0.25, -0.2) is 0 Å². The minimum Gasteiger partial charge on any atom is -0.402 e. The fourth-order valence-electron chi connectivity index (χ4n) is 1.35. The molecule has 18 heavy (non-hydrogen) atoms. The summed E-state index contributed by atoms with van der Waals surface area (Å²) < 4.78 is 0. The van der Waals surface area contributed by atoms with Crippen LogP contribution in [0.2, 0.25) is 0 Å². The van der Waals surface area contributed by atoms with Crippen LogP contribution >= 0.6 is 0 Å². The molecular formula is C12H15BN2O3. The summed E-state index contributed by atoms with van der Waals surface area (Å²) in [5.41, 5.74) is 15.1. The number of anilines is 2. The molecule has 0 saturated heterocycles. The number of rotatable bonds is 1. The van der Waals surface area contributed by atoms with E-state index in [9.17, 15) is 0 Å². The molecule has 2 rings (SSSR count). The van der Waals surface area contributed by atoms with Gasteiger partial charge >= 0.3 is 7.32 Å². The first-order chi connectivity index (χ1) is 8.49. The number of nitrogen functional groups attached to an aromatic ring is 2. The van der Waals surface area contributed by atoms with Crippen molar-refractivity contribution in [2.45, 2.75) is 0 Å². The van der Waals surface area contributed by atoms with Gasteiger partial charge in [-0.1, -0.05) is 24.3 Å². The van der Waals surface area contributed by atoms with Crippen LogP contribution in [0.4, 0.5) is 11.4 Å². The molecular weight excluding hydrogens is 231 g/mol. The molecule has 2 aromatic carbocycles. The Morgan fingerprint density at radius 1 is 0.611 bits per heavy atom. The molecule has 6 heteroatoms. The van der Waals surface area contributed by atoms with Crippen molar-refractivity contribution < 1.29 is 15.1 Å². The van der Waals surface area contributed by atoms with Crippen molar-refractivity contribution in [1.82, 2.24) is 0 Å². The van der Waals surface area contributed by atoms with Crippen molar-refractivity contribution in [3.63, 3.8) is 0 Å². The fourth-order valence-corrected chi connectivity index (χ4v) is 1.35. The normalized spacial score (nSPS) is 9.28. The lowest BCUT2D eigenvalue weighted by molar-refractivity contribution is 0.278. The van der Waals surface area contributed by atoms with Gasteiger partial charge in [0.2, 0.25) is 0 Å². The maximum absolute atomic E-state index is 7.17. The lowest BCUT2D eigenvalue weighted by atomic mass is 10.1. The Bertz CT molecular complexity index is 425. The van der Waals surface area contributed by atoms with Crippen LogP contribution < -0.4 is 11.5 Å².